The van der Waals surface area contributed by atoms with Crippen LogP contribution < -0.4 is 5.32 Å². The largest absolute Gasteiger partial charge is 0.462 e. The van der Waals surface area contributed by atoms with E-state index < -0.39 is 30.2 Å². The van der Waals surface area contributed by atoms with Gasteiger partial charge in [-0.05, 0) is 55.0 Å². The number of halogens is 4. The van der Waals surface area contributed by atoms with Crippen LogP contribution in [0.4, 0.5) is 24.5 Å². The number of carbonyl (C=O) groups excluding carboxylic acids is 2. The van der Waals surface area contributed by atoms with Crippen molar-refractivity contribution in [1.82, 2.24) is 0 Å². The summed E-state index contributed by atoms with van der Waals surface area (Å²) in [4.78, 5) is 28.9. The molecule has 1 amide bonds. The fourth-order valence-electron chi connectivity index (χ4n) is 3.12. The molecular weight excluding hydrogens is 495 g/mol. The Morgan fingerprint density at radius 3 is 2.28 bits per heavy atom. The van der Waals surface area contributed by atoms with Gasteiger partial charge in [0.15, 0.2) is 0 Å². The highest BCUT2D eigenvalue weighted by Crippen LogP contribution is 2.27. The van der Waals surface area contributed by atoms with Crippen molar-refractivity contribution in [2.24, 2.45) is 4.99 Å². The average Bonchev–Trinajstić information content (AvgIpc) is 2.84. The summed E-state index contributed by atoms with van der Waals surface area (Å²) in [6.07, 6.45) is -5.58. The number of hydrogen-bond acceptors (Lipinski definition) is 5. The molecule has 0 saturated heterocycles. The summed E-state index contributed by atoms with van der Waals surface area (Å²) in [6, 6.07) is 18.4. The smallest absolute Gasteiger partial charge is 0.429 e. The lowest BCUT2D eigenvalue weighted by Crippen LogP contribution is -2.25. The van der Waals surface area contributed by atoms with Gasteiger partial charge >= 0.3 is 12.1 Å². The van der Waals surface area contributed by atoms with Gasteiger partial charge in [0.2, 0.25) is 0 Å². The zero-order valence-electron chi connectivity index (χ0n) is 19.0. The molecule has 186 valence electrons. The number of alkyl halides is 3. The van der Waals surface area contributed by atoms with Gasteiger partial charge in [-0.25, -0.2) is 4.79 Å². The maximum atomic E-state index is 13.1. The number of ether oxygens (including phenoxy) is 1. The summed E-state index contributed by atoms with van der Waals surface area (Å²) in [7, 11) is 0. The topological polar surface area (TPSA) is 91.6 Å². The highest BCUT2D eigenvalue weighted by atomic mass is 35.5. The van der Waals surface area contributed by atoms with Crippen LogP contribution >= 0.6 is 11.6 Å². The molecule has 3 rings (SSSR count). The van der Waals surface area contributed by atoms with Gasteiger partial charge in [-0.2, -0.15) is 13.2 Å². The molecule has 0 aromatic heterocycles. The van der Waals surface area contributed by atoms with Crippen molar-refractivity contribution in [3.05, 3.63) is 94.5 Å². The van der Waals surface area contributed by atoms with Crippen molar-refractivity contribution < 1.29 is 27.5 Å². The van der Waals surface area contributed by atoms with E-state index in [1.165, 1.54) is 30.3 Å². The standard InChI is InChI=1S/C26H21ClF3N3O3/c1-2-36-25(35)18-6-5-7-19(14-18)32-24(34)17-12-10-16(11-13-17)22(15-23(31)26(28,29)30)33-21-9-4-3-8-20(21)27/h3-14,31H,2,15H2,1H3,(H,32,34). The Balaban J connectivity index is 1.84. The Kier molecular flexibility index (Phi) is 8.60. The average molecular weight is 516 g/mol. The van der Waals surface area contributed by atoms with E-state index >= 15 is 0 Å². The maximum Gasteiger partial charge on any atom is 0.429 e. The molecule has 10 heteroatoms. The molecule has 2 N–H and O–H groups in total. The van der Waals surface area contributed by atoms with Crippen molar-refractivity contribution in [3.8, 4) is 0 Å². The first kappa shape index (κ1) is 26.6. The molecular formula is C26H21ClF3N3O3. The quantitative estimate of drug-likeness (QED) is 0.253. The van der Waals surface area contributed by atoms with Crippen molar-refractivity contribution in [2.75, 3.05) is 11.9 Å². The third kappa shape index (κ3) is 7.02. The van der Waals surface area contributed by atoms with Crippen molar-refractivity contribution >= 4 is 46.3 Å². The van der Waals surface area contributed by atoms with Gasteiger partial charge < -0.3 is 15.5 Å². The molecule has 0 saturated carbocycles. The molecule has 0 aliphatic carbocycles. The number of aliphatic imine (C=N–C) groups is 1. The van der Waals surface area contributed by atoms with Crippen LogP contribution in [0.2, 0.25) is 5.02 Å². The number of rotatable bonds is 8. The molecule has 36 heavy (non-hydrogen) atoms. The second kappa shape index (κ2) is 11.6. The second-order valence-corrected chi connectivity index (χ2v) is 7.90. The number of esters is 1. The summed E-state index contributed by atoms with van der Waals surface area (Å²) < 4.78 is 44.1. The zero-order valence-corrected chi connectivity index (χ0v) is 19.8. The minimum absolute atomic E-state index is 0.0282. The third-order valence-corrected chi connectivity index (χ3v) is 5.23. The summed E-state index contributed by atoms with van der Waals surface area (Å²) in [5, 5.41) is 10.3. The van der Waals surface area contributed by atoms with Crippen molar-refractivity contribution in [3.63, 3.8) is 0 Å². The molecule has 0 aliphatic rings. The minimum atomic E-state index is -4.81. The predicted molar refractivity (Wildman–Crippen MR) is 133 cm³/mol. The number of hydrogen-bond donors (Lipinski definition) is 2. The van der Waals surface area contributed by atoms with Crippen LogP contribution in [0.25, 0.3) is 0 Å². The van der Waals surface area contributed by atoms with Gasteiger partial charge in [0.25, 0.3) is 5.91 Å². The molecule has 0 fully saturated rings. The molecule has 0 radical (unpaired) electrons. The Bertz CT molecular complexity index is 1310. The van der Waals surface area contributed by atoms with Crippen LogP contribution in [0.3, 0.4) is 0 Å². The maximum absolute atomic E-state index is 13.1. The number of nitrogens with one attached hydrogen (secondary N) is 2. The summed E-state index contributed by atoms with van der Waals surface area (Å²) >= 11 is 6.11. The van der Waals surface area contributed by atoms with Gasteiger partial charge in [-0.15, -0.1) is 0 Å². The lowest BCUT2D eigenvalue weighted by Gasteiger charge is -2.12. The normalized spacial score (nSPS) is 11.6. The number of benzene rings is 3. The van der Waals surface area contributed by atoms with Crippen LogP contribution in [0, 0.1) is 5.41 Å². The molecule has 0 atom stereocenters. The summed E-state index contributed by atoms with van der Waals surface area (Å²) in [5.74, 6) is -1.01. The van der Waals surface area contributed by atoms with Gasteiger partial charge in [-0.1, -0.05) is 41.9 Å². The molecule has 3 aromatic rings. The van der Waals surface area contributed by atoms with Gasteiger partial charge in [0.1, 0.15) is 5.71 Å². The molecule has 0 spiro atoms. The van der Waals surface area contributed by atoms with E-state index in [-0.39, 0.29) is 34.2 Å². The van der Waals surface area contributed by atoms with Crippen molar-refractivity contribution in [1.29, 1.82) is 5.41 Å². The third-order valence-electron chi connectivity index (χ3n) is 4.91. The second-order valence-electron chi connectivity index (χ2n) is 7.50. The van der Waals surface area contributed by atoms with Crippen molar-refractivity contribution in [2.45, 2.75) is 19.5 Å². The first-order valence-corrected chi connectivity index (χ1v) is 11.1. The Labute approximate surface area is 210 Å². The first-order chi connectivity index (χ1) is 17.1. The van der Waals surface area contributed by atoms with E-state index in [9.17, 15) is 22.8 Å². The highest BCUT2D eigenvalue weighted by Gasteiger charge is 2.35. The lowest BCUT2D eigenvalue weighted by molar-refractivity contribution is -0.0605. The lowest BCUT2D eigenvalue weighted by atomic mass is 10.0. The van der Waals surface area contributed by atoms with E-state index in [4.69, 9.17) is 21.7 Å². The van der Waals surface area contributed by atoms with E-state index in [1.54, 1.807) is 49.4 Å². The highest BCUT2D eigenvalue weighted by molar-refractivity contribution is 6.33. The van der Waals surface area contributed by atoms with Crippen LogP contribution in [0.5, 0.6) is 0 Å². The Morgan fingerprint density at radius 2 is 1.64 bits per heavy atom. The number of nitrogens with zero attached hydrogens (tertiary/aromatic N) is 1. The van der Waals surface area contributed by atoms with Gasteiger partial charge in [0, 0.05) is 17.7 Å². The molecule has 6 nitrogen and oxygen atoms in total. The zero-order chi connectivity index (χ0) is 26.3. The Hall–Kier alpha value is -3.98. The van der Waals surface area contributed by atoms with E-state index in [2.05, 4.69) is 10.3 Å². The number of carbonyl (C=O) groups is 2. The van der Waals surface area contributed by atoms with Crippen LogP contribution in [0.1, 0.15) is 39.6 Å². The SMILES string of the molecule is CCOC(=O)c1cccc(NC(=O)c2ccc(C(CC(=N)C(F)(F)F)=Nc3ccccc3Cl)cc2)c1. The molecule has 0 aliphatic heterocycles. The minimum Gasteiger partial charge on any atom is -0.462 e. The molecule has 0 heterocycles. The summed E-state index contributed by atoms with van der Waals surface area (Å²) in [6.45, 7) is 1.90. The molecule has 3 aromatic carbocycles. The molecule has 0 bridgehead atoms. The van der Waals surface area contributed by atoms with Crippen LogP contribution in [0.15, 0.2) is 77.8 Å². The number of para-hydroxylation sites is 1. The fraction of sp³-hybridized carbons (Fsp3) is 0.154. The van der Waals surface area contributed by atoms with Crippen LogP contribution in [-0.2, 0) is 4.74 Å². The Morgan fingerprint density at radius 1 is 0.972 bits per heavy atom. The monoisotopic (exact) mass is 515 g/mol. The van der Waals surface area contributed by atoms with E-state index in [0.29, 0.717) is 11.3 Å². The van der Waals surface area contributed by atoms with Gasteiger partial charge in [0.05, 0.1) is 28.6 Å². The fourth-order valence-corrected chi connectivity index (χ4v) is 3.30. The molecule has 0 unspecified atom stereocenters. The van der Waals surface area contributed by atoms with Gasteiger partial charge in [-0.3, -0.25) is 9.79 Å². The first-order valence-electron chi connectivity index (χ1n) is 10.7. The number of anilines is 1. The van der Waals surface area contributed by atoms with Crippen LogP contribution in [-0.4, -0.2) is 36.1 Å². The number of amides is 1. The van der Waals surface area contributed by atoms with E-state index in [0.717, 1.165) is 0 Å². The predicted octanol–water partition coefficient (Wildman–Crippen LogP) is 6.86. The van der Waals surface area contributed by atoms with E-state index in [1.807, 2.05) is 0 Å². The summed E-state index contributed by atoms with van der Waals surface area (Å²) in [5.41, 5.74) is -0.0663.